The Kier molecular flexibility index (Phi) is 14.4. The van der Waals surface area contributed by atoms with E-state index in [1.165, 1.54) is 0 Å². The van der Waals surface area contributed by atoms with Gasteiger partial charge in [0.05, 0.1) is 13.2 Å². The zero-order chi connectivity index (χ0) is 39.5. The average molecular weight is 745 g/mol. The lowest BCUT2D eigenvalue weighted by atomic mass is 10.0. The van der Waals surface area contributed by atoms with Crippen LogP contribution in [0.3, 0.4) is 0 Å². The predicted molar refractivity (Wildman–Crippen MR) is 204 cm³/mol. The maximum atomic E-state index is 13.6. The van der Waals surface area contributed by atoms with Crippen LogP contribution in [0.1, 0.15) is 63.1 Å². The Morgan fingerprint density at radius 1 is 0.704 bits per heavy atom. The van der Waals surface area contributed by atoms with Gasteiger partial charge in [0.1, 0.15) is 12.1 Å². The van der Waals surface area contributed by atoms with Crippen LogP contribution in [0.4, 0.5) is 0 Å². The van der Waals surface area contributed by atoms with E-state index in [1.54, 1.807) is 20.8 Å². The summed E-state index contributed by atoms with van der Waals surface area (Å²) < 4.78 is 14.9. The molecule has 0 unspecified atom stereocenters. The predicted octanol–water partition coefficient (Wildman–Crippen LogP) is 2.88. The summed E-state index contributed by atoms with van der Waals surface area (Å²) >= 11 is 0. The van der Waals surface area contributed by atoms with Gasteiger partial charge in [-0.3, -0.25) is 19.2 Å². The molecule has 2 heterocycles. The molecule has 4 amide bonds. The van der Waals surface area contributed by atoms with Crippen LogP contribution in [-0.4, -0.2) is 70.0 Å². The minimum absolute atomic E-state index is 0.0570. The number of primary amides is 2. The van der Waals surface area contributed by atoms with Gasteiger partial charge in [-0.1, -0.05) is 44.2 Å². The molecule has 4 atom stereocenters. The van der Waals surface area contributed by atoms with Crippen LogP contribution in [0.15, 0.2) is 54.9 Å². The second-order valence-electron chi connectivity index (χ2n) is 13.9. The van der Waals surface area contributed by atoms with Gasteiger partial charge in [-0.05, 0) is 48.6 Å². The second kappa shape index (κ2) is 18.9. The number of rotatable bonds is 20. The minimum atomic E-state index is -0.962. The number of nitrogens with one attached hydrogen (secondary N) is 2. The Morgan fingerprint density at radius 2 is 1.20 bits per heavy atom. The van der Waals surface area contributed by atoms with Gasteiger partial charge in [-0.25, -0.2) is 9.59 Å². The number of amides is 4. The number of nitrogens with two attached hydrogens (primary N) is 2. The lowest BCUT2D eigenvalue weighted by Crippen LogP contribution is -2.45. The summed E-state index contributed by atoms with van der Waals surface area (Å²) in [4.78, 5) is 75.0. The van der Waals surface area contributed by atoms with Crippen molar-refractivity contribution >= 4 is 57.4 Å². The van der Waals surface area contributed by atoms with Crippen LogP contribution >= 0.6 is 0 Å². The molecule has 2 aromatic heterocycles. The molecule has 6 N–H and O–H groups in total. The van der Waals surface area contributed by atoms with Crippen molar-refractivity contribution in [1.29, 1.82) is 0 Å². The summed E-state index contributed by atoms with van der Waals surface area (Å²) in [6.07, 6.45) is 5.28. The van der Waals surface area contributed by atoms with E-state index >= 15 is 0 Å². The van der Waals surface area contributed by atoms with Gasteiger partial charge in [0, 0.05) is 92.2 Å². The molecule has 0 aliphatic heterocycles. The van der Waals surface area contributed by atoms with E-state index in [1.807, 2.05) is 78.1 Å². The first kappa shape index (κ1) is 41.1. The van der Waals surface area contributed by atoms with Gasteiger partial charge in [-0.15, -0.1) is 0 Å². The highest BCUT2D eigenvalue weighted by atomic mass is 16.5. The fraction of sp³-hybridized carbons (Fsp3) is 0.450. The maximum absolute atomic E-state index is 13.6. The topological polar surface area (TPSA) is 207 Å². The van der Waals surface area contributed by atoms with Crippen molar-refractivity contribution in [1.82, 2.24) is 19.8 Å². The molecule has 4 aromatic rings. The number of aryl methyl sites for hydroxylation is 2. The van der Waals surface area contributed by atoms with Crippen LogP contribution in [0, 0.1) is 11.8 Å². The number of ether oxygens (including phenoxy) is 2. The van der Waals surface area contributed by atoms with Crippen molar-refractivity contribution in [2.24, 2.45) is 37.4 Å². The summed E-state index contributed by atoms with van der Waals surface area (Å²) in [7, 11) is 3.80. The average Bonchev–Trinajstić information content (AvgIpc) is 3.62. The van der Waals surface area contributed by atoms with E-state index in [0.29, 0.717) is 6.42 Å². The fourth-order valence-electron chi connectivity index (χ4n) is 6.47. The van der Waals surface area contributed by atoms with E-state index in [4.69, 9.17) is 20.9 Å². The van der Waals surface area contributed by atoms with E-state index in [-0.39, 0.29) is 63.6 Å². The van der Waals surface area contributed by atoms with Crippen molar-refractivity contribution in [3.63, 3.8) is 0 Å². The molecule has 0 radical (unpaired) electrons. The van der Waals surface area contributed by atoms with Gasteiger partial charge in [-0.2, -0.15) is 0 Å². The number of carbonyl (C=O) groups is 6. The number of carbonyl (C=O) groups excluding carboxylic acids is 6. The molecule has 14 nitrogen and oxygen atoms in total. The number of para-hydroxylation sites is 1. The van der Waals surface area contributed by atoms with Crippen molar-refractivity contribution < 1.29 is 38.2 Å². The molecule has 0 aliphatic carbocycles. The first-order valence-electron chi connectivity index (χ1n) is 18.3. The van der Waals surface area contributed by atoms with Crippen molar-refractivity contribution in [3.8, 4) is 0 Å². The third-order valence-electron chi connectivity index (χ3n) is 9.63. The van der Waals surface area contributed by atoms with Crippen LogP contribution in [0.5, 0.6) is 0 Å². The summed E-state index contributed by atoms with van der Waals surface area (Å²) in [5, 5.41) is 7.49. The molecule has 290 valence electrons. The van der Waals surface area contributed by atoms with Gasteiger partial charge < -0.3 is 40.7 Å². The fourth-order valence-corrected chi connectivity index (χ4v) is 6.47. The first-order chi connectivity index (χ1) is 25.7. The molecule has 0 spiro atoms. The smallest absolute Gasteiger partial charge is 0.328 e. The first-order valence-corrected chi connectivity index (χ1v) is 18.3. The number of esters is 2. The summed E-state index contributed by atoms with van der Waals surface area (Å²) in [5.74, 6) is -3.94. The number of fused-ring (bicyclic) bond motifs is 2. The van der Waals surface area contributed by atoms with Gasteiger partial charge in [0.15, 0.2) is 0 Å². The van der Waals surface area contributed by atoms with Crippen molar-refractivity contribution in [2.45, 2.75) is 77.8 Å². The highest BCUT2D eigenvalue weighted by Crippen LogP contribution is 2.25. The number of hydrogen-bond donors (Lipinski definition) is 4. The lowest BCUT2D eigenvalue weighted by molar-refractivity contribution is -0.148. The molecular formula is C40H52N6O8. The van der Waals surface area contributed by atoms with Gasteiger partial charge in [0.2, 0.25) is 23.6 Å². The van der Waals surface area contributed by atoms with E-state index in [9.17, 15) is 28.8 Å². The molecule has 0 bridgehead atoms. The zero-order valence-corrected chi connectivity index (χ0v) is 31.7. The zero-order valence-electron chi connectivity index (χ0n) is 31.7. The van der Waals surface area contributed by atoms with E-state index in [0.717, 1.165) is 38.5 Å². The maximum Gasteiger partial charge on any atom is 0.328 e. The molecule has 2 aromatic carbocycles. The Balaban J connectivity index is 1.46. The number of hydrogen-bond acceptors (Lipinski definition) is 8. The summed E-state index contributed by atoms with van der Waals surface area (Å²) in [6.45, 7) is 5.27. The quantitative estimate of drug-likeness (QED) is 0.0988. The Labute approximate surface area is 314 Å². The molecule has 0 aliphatic rings. The largest absolute Gasteiger partial charge is 0.464 e. The Bertz CT molecular complexity index is 2000. The van der Waals surface area contributed by atoms with Gasteiger partial charge in [0.25, 0.3) is 0 Å². The normalized spacial score (nSPS) is 13.5. The van der Waals surface area contributed by atoms with Crippen LogP contribution in [0.25, 0.3) is 21.8 Å². The molecule has 0 saturated heterocycles. The van der Waals surface area contributed by atoms with Crippen LogP contribution in [0.2, 0.25) is 0 Å². The molecule has 54 heavy (non-hydrogen) atoms. The third kappa shape index (κ3) is 10.9. The monoisotopic (exact) mass is 744 g/mol. The highest BCUT2D eigenvalue weighted by molar-refractivity contribution is 5.90. The van der Waals surface area contributed by atoms with E-state index < -0.39 is 47.7 Å². The van der Waals surface area contributed by atoms with E-state index in [2.05, 4.69) is 10.6 Å². The summed E-state index contributed by atoms with van der Waals surface area (Å²) in [5.41, 5.74) is 15.0. The molecule has 14 heteroatoms. The minimum Gasteiger partial charge on any atom is -0.464 e. The highest BCUT2D eigenvalue weighted by Gasteiger charge is 2.28. The number of aromatic nitrogens is 2. The number of nitrogens with zero attached hydrogens (tertiary/aromatic N) is 2. The van der Waals surface area contributed by atoms with Crippen LogP contribution in [-0.2, 0) is 71.6 Å². The van der Waals surface area contributed by atoms with Gasteiger partial charge >= 0.3 is 11.9 Å². The SMILES string of the molecule is CCOC(=O)[C@@H](Cc1cn(C)c2cc(CCOC(=O)[C@@H](Cc3cn(C)c4ccccc34)NC(=O)[C@@H](C)CCC(N)=O)ccc12)NC(=O)[C@@H](C)CCC(N)=O. The number of benzene rings is 2. The van der Waals surface area contributed by atoms with Crippen molar-refractivity contribution in [3.05, 3.63) is 71.5 Å². The Hall–Kier alpha value is -5.66. The molecular weight excluding hydrogens is 692 g/mol. The van der Waals surface area contributed by atoms with Crippen molar-refractivity contribution in [2.75, 3.05) is 13.2 Å². The standard InChI is InChI=1S/C40H52N6O8/c1-6-53-39(51)31(43-37(49)24(2)11-15-35(41)47)21-28-23-46(5)34-19-26(13-14-30(28)34)17-18-54-40(52)32(44-38(50)25(3)12-16-36(42)48)20-27-22-45(4)33-10-8-7-9-29(27)33/h7-10,13-14,19,22-25,31-32H,6,11-12,15-18,20-21H2,1-5H3,(H2,41,47)(H2,42,48)(H,43,49)(H,44,50)/t24-,25-,31+,32+/m0/s1. The lowest BCUT2D eigenvalue weighted by Gasteiger charge is -2.20. The third-order valence-corrected chi connectivity index (χ3v) is 9.63. The molecule has 0 saturated carbocycles. The summed E-state index contributed by atoms with van der Waals surface area (Å²) in [6, 6.07) is 11.7. The second-order valence-corrected chi connectivity index (χ2v) is 13.9. The Morgan fingerprint density at radius 3 is 1.74 bits per heavy atom. The molecule has 4 rings (SSSR count). The van der Waals surface area contributed by atoms with Crippen LogP contribution < -0.4 is 22.1 Å². The molecule has 0 fully saturated rings.